The Balaban J connectivity index is 2.57. The average Bonchev–Trinajstić information content (AvgIpc) is 2.51. The number of aromatic carboxylic acids is 1. The van der Waals surface area contributed by atoms with Crippen LogP contribution in [0.25, 0.3) is 6.08 Å². The number of carbonyl (C=O) groups is 1. The summed E-state index contributed by atoms with van der Waals surface area (Å²) in [6, 6.07) is 4.01. The summed E-state index contributed by atoms with van der Waals surface area (Å²) in [5.74, 6) is -1.07. The minimum absolute atomic E-state index is 0.0842. The zero-order chi connectivity index (χ0) is 12.6. The normalized spacial score (nSPS) is 16.4. The Morgan fingerprint density at radius 2 is 2.12 bits per heavy atom. The van der Waals surface area contributed by atoms with Crippen LogP contribution >= 0.6 is 0 Å². The number of nitrogens with one attached hydrogen (secondary N) is 1. The Kier molecular flexibility index (Phi) is 2.76. The lowest BCUT2D eigenvalue weighted by molar-refractivity contribution is 0.0696. The Labute approximate surface area is 98.7 Å². The van der Waals surface area contributed by atoms with Gasteiger partial charge in [-0.25, -0.2) is 13.2 Å². The van der Waals surface area contributed by atoms with Crippen LogP contribution in [0.2, 0.25) is 0 Å². The van der Waals surface area contributed by atoms with Gasteiger partial charge in [-0.3, -0.25) is 0 Å². The highest BCUT2D eigenvalue weighted by molar-refractivity contribution is 7.95. The fourth-order valence-electron chi connectivity index (χ4n) is 1.75. The summed E-state index contributed by atoms with van der Waals surface area (Å²) in [6.07, 6.45) is 1.51. The number of carboxylic acid groups (broad SMARTS) is 1. The summed E-state index contributed by atoms with van der Waals surface area (Å²) < 4.78 is 24.0. The van der Waals surface area contributed by atoms with E-state index >= 15 is 0 Å². The fraction of sp³-hybridized carbons (Fsp3) is 0.182. The number of rotatable bonds is 3. The van der Waals surface area contributed by atoms with E-state index in [-0.39, 0.29) is 21.9 Å². The molecule has 1 aromatic rings. The van der Waals surface area contributed by atoms with Crippen LogP contribution in [0.3, 0.4) is 0 Å². The van der Waals surface area contributed by atoms with Gasteiger partial charge in [0.15, 0.2) is 0 Å². The third-order valence-corrected chi connectivity index (χ3v) is 4.46. The van der Waals surface area contributed by atoms with Crippen molar-refractivity contribution in [2.24, 2.45) is 0 Å². The zero-order valence-corrected chi connectivity index (χ0v) is 9.91. The molecule has 90 valence electrons. The first-order valence-corrected chi connectivity index (χ1v) is 6.42. The Morgan fingerprint density at radius 1 is 1.41 bits per heavy atom. The van der Waals surface area contributed by atoms with Crippen LogP contribution in [0.4, 0.5) is 0 Å². The van der Waals surface area contributed by atoms with Crippen molar-refractivity contribution in [2.45, 2.75) is 4.90 Å². The van der Waals surface area contributed by atoms with Crippen LogP contribution in [0.15, 0.2) is 28.0 Å². The van der Waals surface area contributed by atoms with Gasteiger partial charge in [-0.2, -0.15) is 0 Å². The highest BCUT2D eigenvalue weighted by Crippen LogP contribution is 2.32. The summed E-state index contributed by atoms with van der Waals surface area (Å²) in [5, 5.41) is 11.6. The molecular formula is C11H11NO4S. The fourth-order valence-corrected chi connectivity index (χ4v) is 3.33. The second kappa shape index (κ2) is 3.97. The summed E-state index contributed by atoms with van der Waals surface area (Å²) in [7, 11) is -1.79. The molecule has 2 rings (SSSR count). The van der Waals surface area contributed by atoms with E-state index in [0.717, 1.165) is 0 Å². The van der Waals surface area contributed by atoms with Crippen LogP contribution in [0.5, 0.6) is 0 Å². The number of sulfone groups is 1. The van der Waals surface area contributed by atoms with Gasteiger partial charge in [-0.05, 0) is 36.9 Å². The number of fused-ring (bicyclic) bond motifs is 1. The Morgan fingerprint density at radius 3 is 2.71 bits per heavy atom. The van der Waals surface area contributed by atoms with Gasteiger partial charge in [0.1, 0.15) is 0 Å². The monoisotopic (exact) mass is 253 g/mol. The molecule has 1 heterocycles. The second-order valence-corrected chi connectivity index (χ2v) is 5.67. The molecule has 0 aliphatic carbocycles. The summed E-state index contributed by atoms with van der Waals surface area (Å²) >= 11 is 0. The maximum Gasteiger partial charge on any atom is 0.335 e. The maximum absolute atomic E-state index is 12.0. The van der Waals surface area contributed by atoms with Crippen molar-refractivity contribution >= 4 is 21.9 Å². The molecule has 17 heavy (non-hydrogen) atoms. The molecule has 5 nitrogen and oxygen atoms in total. The lowest BCUT2D eigenvalue weighted by Gasteiger charge is -2.02. The third-order valence-electron chi connectivity index (χ3n) is 2.56. The van der Waals surface area contributed by atoms with Crippen molar-refractivity contribution in [2.75, 3.05) is 13.6 Å². The maximum atomic E-state index is 12.0. The van der Waals surface area contributed by atoms with Crippen molar-refractivity contribution in [3.05, 3.63) is 34.2 Å². The lowest BCUT2D eigenvalue weighted by Crippen LogP contribution is -2.15. The average molecular weight is 253 g/mol. The second-order valence-electron chi connectivity index (χ2n) is 3.70. The SMILES string of the molecule is CNCC1=Cc2cc(C(=O)O)ccc2S1(=O)=O. The van der Waals surface area contributed by atoms with Crippen LogP contribution in [-0.4, -0.2) is 33.1 Å². The highest BCUT2D eigenvalue weighted by atomic mass is 32.2. The molecule has 1 aliphatic heterocycles. The zero-order valence-electron chi connectivity index (χ0n) is 9.10. The quantitative estimate of drug-likeness (QED) is 0.829. The number of benzene rings is 1. The predicted molar refractivity (Wildman–Crippen MR) is 62.5 cm³/mol. The van der Waals surface area contributed by atoms with Gasteiger partial charge < -0.3 is 10.4 Å². The number of hydrogen-bond acceptors (Lipinski definition) is 4. The van der Waals surface area contributed by atoms with Gasteiger partial charge in [0, 0.05) is 6.54 Å². The molecule has 1 aromatic carbocycles. The van der Waals surface area contributed by atoms with Crippen molar-refractivity contribution in [1.82, 2.24) is 5.32 Å². The van der Waals surface area contributed by atoms with E-state index in [1.54, 1.807) is 7.05 Å². The molecule has 0 aromatic heterocycles. The molecule has 0 bridgehead atoms. The molecule has 1 aliphatic rings. The predicted octanol–water partition coefficient (Wildman–Crippen LogP) is 0.732. The van der Waals surface area contributed by atoms with Gasteiger partial charge in [-0.15, -0.1) is 0 Å². The summed E-state index contributed by atoms with van der Waals surface area (Å²) in [5.41, 5.74) is 0.524. The molecule has 0 saturated carbocycles. The van der Waals surface area contributed by atoms with Gasteiger partial charge >= 0.3 is 5.97 Å². The minimum Gasteiger partial charge on any atom is -0.478 e. The van der Waals surface area contributed by atoms with Crippen molar-refractivity contribution in [1.29, 1.82) is 0 Å². The first-order chi connectivity index (χ1) is 7.96. The summed E-state index contributed by atoms with van der Waals surface area (Å²) in [6.45, 7) is 0.236. The third kappa shape index (κ3) is 1.85. The number of carboxylic acids is 1. The van der Waals surface area contributed by atoms with Gasteiger partial charge in [0.2, 0.25) is 9.84 Å². The van der Waals surface area contributed by atoms with Crippen molar-refractivity contribution in [3.63, 3.8) is 0 Å². The van der Waals surface area contributed by atoms with Gasteiger partial charge in [0.25, 0.3) is 0 Å². The molecule has 0 unspecified atom stereocenters. The largest absolute Gasteiger partial charge is 0.478 e. The van der Waals surface area contributed by atoms with Crippen molar-refractivity contribution in [3.8, 4) is 0 Å². The van der Waals surface area contributed by atoms with Gasteiger partial charge in [-0.1, -0.05) is 0 Å². The highest BCUT2D eigenvalue weighted by Gasteiger charge is 2.29. The Bertz CT molecular complexity index is 616. The molecule has 0 spiro atoms. The minimum atomic E-state index is -3.45. The first kappa shape index (κ1) is 11.8. The molecule has 0 radical (unpaired) electrons. The molecule has 0 amide bonds. The molecular weight excluding hydrogens is 242 g/mol. The molecule has 2 N–H and O–H groups in total. The number of hydrogen-bond donors (Lipinski definition) is 2. The molecule has 6 heteroatoms. The Hall–Kier alpha value is -1.66. The molecule has 0 fully saturated rings. The van der Waals surface area contributed by atoms with Crippen LogP contribution in [0.1, 0.15) is 15.9 Å². The standard InChI is InChI=1S/C11H11NO4S/c1-12-6-9-5-8-4-7(11(13)14)2-3-10(8)17(9,15)16/h2-5,12H,6H2,1H3,(H,13,14). The van der Waals surface area contributed by atoms with E-state index in [4.69, 9.17) is 5.11 Å². The van der Waals surface area contributed by atoms with E-state index in [1.165, 1.54) is 24.3 Å². The van der Waals surface area contributed by atoms with E-state index in [2.05, 4.69) is 5.32 Å². The first-order valence-electron chi connectivity index (χ1n) is 4.94. The smallest absolute Gasteiger partial charge is 0.335 e. The number of likely N-dealkylation sites (N-methyl/N-ethyl adjacent to an activating group) is 1. The van der Waals surface area contributed by atoms with Crippen molar-refractivity contribution < 1.29 is 18.3 Å². The van der Waals surface area contributed by atoms with E-state index in [0.29, 0.717) is 5.56 Å². The van der Waals surface area contributed by atoms with Crippen LogP contribution < -0.4 is 5.32 Å². The molecule has 0 saturated heterocycles. The molecule has 0 atom stereocenters. The van der Waals surface area contributed by atoms with E-state index < -0.39 is 15.8 Å². The van der Waals surface area contributed by atoms with E-state index in [9.17, 15) is 13.2 Å². The lowest BCUT2D eigenvalue weighted by atomic mass is 10.1. The summed E-state index contributed by atoms with van der Waals surface area (Å²) in [4.78, 5) is 11.2. The van der Waals surface area contributed by atoms with Gasteiger partial charge in [0.05, 0.1) is 15.4 Å². The van der Waals surface area contributed by atoms with Crippen LogP contribution in [0, 0.1) is 0 Å². The van der Waals surface area contributed by atoms with Crippen LogP contribution in [-0.2, 0) is 9.84 Å². The topological polar surface area (TPSA) is 83.5 Å². The van der Waals surface area contributed by atoms with E-state index in [1.807, 2.05) is 0 Å².